The largest absolute Gasteiger partial charge is 0.340 e. The van der Waals surface area contributed by atoms with Crippen molar-refractivity contribution < 1.29 is 13.2 Å². The third-order valence-corrected chi connectivity index (χ3v) is 4.51. The van der Waals surface area contributed by atoms with Crippen molar-refractivity contribution in [2.24, 2.45) is 0 Å². The lowest BCUT2D eigenvalue weighted by Crippen LogP contribution is -2.35. The fourth-order valence-electron chi connectivity index (χ4n) is 2.22. The molecule has 23 heavy (non-hydrogen) atoms. The number of rotatable bonds is 5. The van der Waals surface area contributed by atoms with Crippen LogP contribution in [0.15, 0.2) is 28.7 Å². The number of hydrogen-bond donors (Lipinski definition) is 1. The summed E-state index contributed by atoms with van der Waals surface area (Å²) >= 11 is 3.40. The molecule has 0 aliphatic carbocycles. The van der Waals surface area contributed by atoms with Gasteiger partial charge in [-0.2, -0.15) is 0 Å². The molecule has 2 aromatic rings. The predicted octanol–water partition coefficient (Wildman–Crippen LogP) is 1.93. The van der Waals surface area contributed by atoms with E-state index in [-0.39, 0.29) is 19.0 Å². The number of carbonyl (C=O) groups is 1. The van der Waals surface area contributed by atoms with Crippen LogP contribution in [0.2, 0.25) is 0 Å². The molecule has 1 aromatic carbocycles. The molecular weight excluding hydrogens is 382 g/mol. The number of nitrogens with one attached hydrogen (secondary N) is 1. The lowest BCUT2D eigenvalue weighted by Gasteiger charge is -2.18. The first-order valence-corrected chi connectivity index (χ1v) is 9.63. The molecule has 8 heteroatoms. The number of hydrogen-bond acceptors (Lipinski definition) is 4. The van der Waals surface area contributed by atoms with Gasteiger partial charge in [0.2, 0.25) is 10.0 Å². The summed E-state index contributed by atoms with van der Waals surface area (Å²) in [5, 5.41) is 0.770. The van der Waals surface area contributed by atoms with Crippen LogP contribution in [0, 0.1) is 6.92 Å². The molecule has 0 saturated heterocycles. The van der Waals surface area contributed by atoms with Crippen LogP contribution < -0.4 is 4.72 Å². The van der Waals surface area contributed by atoms with Crippen LogP contribution >= 0.6 is 15.9 Å². The Kier molecular flexibility index (Phi) is 5.38. The Morgan fingerprint density at radius 1 is 1.35 bits per heavy atom. The zero-order valence-corrected chi connectivity index (χ0v) is 15.5. The van der Waals surface area contributed by atoms with E-state index in [1.165, 1.54) is 4.90 Å². The van der Waals surface area contributed by atoms with Crippen molar-refractivity contribution >= 4 is 42.8 Å². The van der Waals surface area contributed by atoms with E-state index in [1.54, 1.807) is 13.1 Å². The molecule has 0 aliphatic heterocycles. The number of pyridine rings is 1. The van der Waals surface area contributed by atoms with E-state index in [1.807, 2.05) is 25.1 Å². The molecule has 0 aliphatic rings. The minimum Gasteiger partial charge on any atom is -0.340 e. The van der Waals surface area contributed by atoms with E-state index in [0.717, 1.165) is 27.3 Å². The molecule has 1 heterocycles. The number of nitrogens with zero attached hydrogens (tertiary/aromatic N) is 2. The van der Waals surface area contributed by atoms with Gasteiger partial charge in [0.1, 0.15) is 0 Å². The SMILES string of the molecule is Cc1cc(C(=O)N(C)CCNS(C)(=O)=O)c2ccc(Br)cc2n1. The van der Waals surface area contributed by atoms with Gasteiger partial charge in [-0.25, -0.2) is 13.1 Å². The molecule has 0 saturated carbocycles. The molecular formula is C15H18BrN3O3S. The van der Waals surface area contributed by atoms with Crippen LogP contribution in [0.5, 0.6) is 0 Å². The number of sulfonamides is 1. The molecule has 0 unspecified atom stereocenters. The molecule has 1 amide bonds. The van der Waals surface area contributed by atoms with Crippen LogP contribution in [-0.4, -0.2) is 50.6 Å². The first kappa shape index (κ1) is 17.8. The average Bonchev–Trinajstić information content (AvgIpc) is 2.43. The Morgan fingerprint density at radius 3 is 2.70 bits per heavy atom. The summed E-state index contributed by atoms with van der Waals surface area (Å²) in [6, 6.07) is 7.33. The molecule has 1 N–H and O–H groups in total. The third-order valence-electron chi connectivity index (χ3n) is 3.29. The fraction of sp³-hybridized carbons (Fsp3) is 0.333. The van der Waals surface area contributed by atoms with Crippen LogP contribution in [0.25, 0.3) is 10.9 Å². The first-order valence-electron chi connectivity index (χ1n) is 6.94. The molecule has 0 radical (unpaired) electrons. The Balaban J connectivity index is 2.26. The Hall–Kier alpha value is -1.51. The van der Waals surface area contributed by atoms with Crippen molar-refractivity contribution in [3.05, 3.63) is 40.0 Å². The van der Waals surface area contributed by atoms with Crippen LogP contribution in [0.4, 0.5) is 0 Å². The number of fused-ring (bicyclic) bond motifs is 1. The highest BCUT2D eigenvalue weighted by molar-refractivity contribution is 9.10. The number of benzene rings is 1. The normalized spacial score (nSPS) is 11.7. The van der Waals surface area contributed by atoms with Crippen molar-refractivity contribution in [2.75, 3.05) is 26.4 Å². The zero-order valence-electron chi connectivity index (χ0n) is 13.1. The van der Waals surface area contributed by atoms with Gasteiger partial charge in [-0.1, -0.05) is 22.0 Å². The predicted molar refractivity (Wildman–Crippen MR) is 94.0 cm³/mol. The lowest BCUT2D eigenvalue weighted by atomic mass is 10.1. The second kappa shape index (κ2) is 6.94. The summed E-state index contributed by atoms with van der Waals surface area (Å²) in [4.78, 5) is 18.6. The fourth-order valence-corrected chi connectivity index (χ4v) is 3.03. The van der Waals surface area contributed by atoms with Crippen molar-refractivity contribution in [1.29, 1.82) is 0 Å². The number of likely N-dealkylation sites (N-methyl/N-ethyl adjacent to an activating group) is 1. The topological polar surface area (TPSA) is 79.4 Å². The van der Waals surface area contributed by atoms with Crippen LogP contribution in [0.3, 0.4) is 0 Å². The molecule has 1 aromatic heterocycles. The molecule has 0 bridgehead atoms. The van der Waals surface area contributed by atoms with Gasteiger partial charge in [-0.15, -0.1) is 0 Å². The van der Waals surface area contributed by atoms with E-state index in [9.17, 15) is 13.2 Å². The highest BCUT2D eigenvalue weighted by Gasteiger charge is 2.16. The van der Waals surface area contributed by atoms with Crippen molar-refractivity contribution in [1.82, 2.24) is 14.6 Å². The Labute approximate surface area is 144 Å². The maximum absolute atomic E-state index is 12.7. The maximum atomic E-state index is 12.7. The van der Waals surface area contributed by atoms with Crippen molar-refractivity contribution in [2.45, 2.75) is 6.92 Å². The lowest BCUT2D eigenvalue weighted by molar-refractivity contribution is 0.0799. The molecule has 2 rings (SSSR count). The average molecular weight is 400 g/mol. The Morgan fingerprint density at radius 2 is 2.04 bits per heavy atom. The summed E-state index contributed by atoms with van der Waals surface area (Å²) in [7, 11) is -1.61. The summed E-state index contributed by atoms with van der Waals surface area (Å²) in [5.74, 6) is -0.168. The van der Waals surface area contributed by atoms with Gasteiger partial charge in [0.05, 0.1) is 17.3 Å². The number of amides is 1. The summed E-state index contributed by atoms with van der Waals surface area (Å²) in [5.41, 5.74) is 2.05. The van der Waals surface area contributed by atoms with E-state index in [2.05, 4.69) is 25.6 Å². The third kappa shape index (κ3) is 4.73. The summed E-state index contributed by atoms with van der Waals surface area (Å²) in [6.45, 7) is 2.29. The number of carbonyl (C=O) groups excluding carboxylic acids is 1. The standard InChI is InChI=1S/C15H18BrN3O3S/c1-10-8-13(12-5-4-11(16)9-14(12)18-10)15(20)19(2)7-6-17-23(3,21)22/h4-5,8-9,17H,6-7H2,1-3H3. The molecule has 6 nitrogen and oxygen atoms in total. The molecule has 0 spiro atoms. The van der Waals surface area contributed by atoms with E-state index in [0.29, 0.717) is 5.56 Å². The summed E-state index contributed by atoms with van der Waals surface area (Å²) < 4.78 is 25.4. The van der Waals surface area contributed by atoms with Gasteiger partial charge in [0.25, 0.3) is 5.91 Å². The first-order chi connectivity index (χ1) is 10.7. The highest BCUT2D eigenvalue weighted by Crippen LogP contribution is 2.23. The number of aryl methyl sites for hydroxylation is 1. The summed E-state index contributed by atoms with van der Waals surface area (Å²) in [6.07, 6.45) is 1.09. The maximum Gasteiger partial charge on any atom is 0.254 e. The second-order valence-electron chi connectivity index (χ2n) is 5.37. The van der Waals surface area contributed by atoms with E-state index >= 15 is 0 Å². The quantitative estimate of drug-likeness (QED) is 0.832. The van der Waals surface area contributed by atoms with Gasteiger partial charge >= 0.3 is 0 Å². The monoisotopic (exact) mass is 399 g/mol. The van der Waals surface area contributed by atoms with Crippen molar-refractivity contribution in [3.63, 3.8) is 0 Å². The second-order valence-corrected chi connectivity index (χ2v) is 8.11. The number of aromatic nitrogens is 1. The van der Waals surface area contributed by atoms with Gasteiger partial charge in [0.15, 0.2) is 0 Å². The Bertz CT molecular complexity index is 847. The van der Waals surface area contributed by atoms with Gasteiger partial charge < -0.3 is 4.90 Å². The smallest absolute Gasteiger partial charge is 0.254 e. The van der Waals surface area contributed by atoms with Gasteiger partial charge in [-0.05, 0) is 25.1 Å². The van der Waals surface area contributed by atoms with Gasteiger partial charge in [-0.3, -0.25) is 9.78 Å². The van der Waals surface area contributed by atoms with E-state index < -0.39 is 10.0 Å². The number of halogens is 1. The van der Waals surface area contributed by atoms with Gasteiger partial charge in [0, 0.05) is 35.7 Å². The van der Waals surface area contributed by atoms with Crippen molar-refractivity contribution in [3.8, 4) is 0 Å². The van der Waals surface area contributed by atoms with E-state index in [4.69, 9.17) is 0 Å². The molecule has 124 valence electrons. The molecule has 0 atom stereocenters. The molecule has 0 fully saturated rings. The minimum absolute atomic E-state index is 0.168. The minimum atomic E-state index is -3.26. The zero-order chi connectivity index (χ0) is 17.2. The highest BCUT2D eigenvalue weighted by atomic mass is 79.9. The van der Waals surface area contributed by atoms with Crippen LogP contribution in [0.1, 0.15) is 16.1 Å². The van der Waals surface area contributed by atoms with Crippen LogP contribution in [-0.2, 0) is 10.0 Å².